The number of hydrogen-bond donors (Lipinski definition) is 1. The van der Waals surface area contributed by atoms with Crippen molar-refractivity contribution in [1.82, 2.24) is 0 Å². The quantitative estimate of drug-likeness (QED) is 0.801. The Morgan fingerprint density at radius 3 is 2.35 bits per heavy atom. The minimum Gasteiger partial charge on any atom is -0.502 e. The van der Waals surface area contributed by atoms with E-state index in [9.17, 15) is 9.90 Å². The molecule has 1 N–H and O–H groups in total. The van der Waals surface area contributed by atoms with Crippen LogP contribution in [-0.4, -0.2) is 19.3 Å². The maximum Gasteiger partial charge on any atom is 0.238 e. The van der Waals surface area contributed by atoms with Crippen molar-refractivity contribution in [3.8, 4) is 28.6 Å². The van der Waals surface area contributed by atoms with Gasteiger partial charge in [-0.2, -0.15) is 0 Å². The number of aryl methyl sites for hydroxylation is 1. The zero-order valence-corrected chi connectivity index (χ0v) is 13.0. The van der Waals surface area contributed by atoms with E-state index < -0.39 is 11.2 Å². The summed E-state index contributed by atoms with van der Waals surface area (Å²) in [5.74, 6) is 0.472. The predicted octanol–water partition coefficient (Wildman–Crippen LogP) is 3.49. The number of rotatable bonds is 3. The molecule has 1 aromatic heterocycles. The molecule has 0 spiro atoms. The molecule has 23 heavy (non-hydrogen) atoms. The summed E-state index contributed by atoms with van der Waals surface area (Å²) in [5, 5.41) is 10.5. The number of hydrogen-bond acceptors (Lipinski definition) is 5. The second-order valence-corrected chi connectivity index (χ2v) is 5.18. The van der Waals surface area contributed by atoms with Gasteiger partial charge in [0.15, 0.2) is 5.76 Å². The minimum absolute atomic E-state index is 0.123. The number of aromatic hydroxyl groups is 1. The molecule has 0 bridgehead atoms. The highest BCUT2D eigenvalue weighted by Gasteiger charge is 2.19. The Morgan fingerprint density at radius 1 is 1.04 bits per heavy atom. The summed E-state index contributed by atoms with van der Waals surface area (Å²) < 4.78 is 16.2. The van der Waals surface area contributed by atoms with E-state index >= 15 is 0 Å². The molecule has 0 aliphatic heterocycles. The van der Waals surface area contributed by atoms with Gasteiger partial charge in [0.05, 0.1) is 14.2 Å². The van der Waals surface area contributed by atoms with Gasteiger partial charge in [-0.1, -0.05) is 29.8 Å². The van der Waals surface area contributed by atoms with Crippen molar-refractivity contribution >= 4 is 11.0 Å². The molecule has 118 valence electrons. The summed E-state index contributed by atoms with van der Waals surface area (Å²) >= 11 is 0. The van der Waals surface area contributed by atoms with E-state index in [1.807, 2.05) is 19.1 Å². The van der Waals surface area contributed by atoms with Gasteiger partial charge < -0.3 is 19.0 Å². The standard InChI is InChI=1S/C18H16O5/c1-10-4-6-11(7-5-10)18-17(20)16(19)15-13(22-3)8-12(21-2)9-14(15)23-18/h4-9,20H,1-3H3. The highest BCUT2D eigenvalue weighted by atomic mass is 16.5. The van der Waals surface area contributed by atoms with E-state index in [-0.39, 0.29) is 11.1 Å². The average molecular weight is 312 g/mol. The van der Waals surface area contributed by atoms with Crippen LogP contribution in [0.25, 0.3) is 22.3 Å². The van der Waals surface area contributed by atoms with Crippen LogP contribution in [0.2, 0.25) is 0 Å². The zero-order valence-electron chi connectivity index (χ0n) is 13.0. The fraction of sp³-hybridized carbons (Fsp3) is 0.167. The lowest BCUT2D eigenvalue weighted by molar-refractivity contribution is 0.394. The van der Waals surface area contributed by atoms with Gasteiger partial charge in [-0.3, -0.25) is 4.79 Å². The molecular formula is C18H16O5. The molecule has 0 aliphatic carbocycles. The lowest BCUT2D eigenvalue weighted by atomic mass is 10.1. The first-order valence-electron chi connectivity index (χ1n) is 7.04. The van der Waals surface area contributed by atoms with Gasteiger partial charge in [0.25, 0.3) is 0 Å². The average Bonchev–Trinajstić information content (AvgIpc) is 2.57. The Kier molecular flexibility index (Phi) is 3.70. The number of ether oxygens (including phenoxy) is 2. The van der Waals surface area contributed by atoms with Crippen LogP contribution in [0.15, 0.2) is 45.6 Å². The van der Waals surface area contributed by atoms with Crippen LogP contribution in [0, 0.1) is 6.92 Å². The molecular weight excluding hydrogens is 296 g/mol. The number of fused-ring (bicyclic) bond motifs is 1. The third-order valence-electron chi connectivity index (χ3n) is 3.68. The fourth-order valence-electron chi connectivity index (χ4n) is 2.43. The van der Waals surface area contributed by atoms with E-state index in [2.05, 4.69) is 0 Å². The summed E-state index contributed by atoms with van der Waals surface area (Å²) in [5.41, 5.74) is 1.44. The molecule has 3 rings (SSSR count). The van der Waals surface area contributed by atoms with E-state index in [1.54, 1.807) is 24.3 Å². The molecule has 0 unspecified atom stereocenters. The molecule has 0 saturated carbocycles. The van der Waals surface area contributed by atoms with Gasteiger partial charge in [0.2, 0.25) is 11.2 Å². The first-order valence-corrected chi connectivity index (χ1v) is 7.04. The van der Waals surface area contributed by atoms with Gasteiger partial charge in [0.1, 0.15) is 22.5 Å². The van der Waals surface area contributed by atoms with E-state index in [1.165, 1.54) is 14.2 Å². The molecule has 0 fully saturated rings. The number of benzene rings is 2. The van der Waals surface area contributed by atoms with Crippen LogP contribution < -0.4 is 14.9 Å². The maximum atomic E-state index is 12.5. The van der Waals surface area contributed by atoms with Crippen LogP contribution in [-0.2, 0) is 0 Å². The topological polar surface area (TPSA) is 68.9 Å². The van der Waals surface area contributed by atoms with Gasteiger partial charge in [0, 0.05) is 17.7 Å². The molecule has 2 aromatic carbocycles. The molecule has 0 atom stereocenters. The molecule has 0 radical (unpaired) electrons. The van der Waals surface area contributed by atoms with Crippen molar-refractivity contribution in [3.63, 3.8) is 0 Å². The summed E-state index contributed by atoms with van der Waals surface area (Å²) in [6.45, 7) is 1.95. The van der Waals surface area contributed by atoms with Crippen molar-refractivity contribution in [2.75, 3.05) is 14.2 Å². The van der Waals surface area contributed by atoms with Gasteiger partial charge in [-0.05, 0) is 6.92 Å². The van der Waals surface area contributed by atoms with Gasteiger partial charge >= 0.3 is 0 Å². The summed E-state index contributed by atoms with van der Waals surface area (Å²) in [4.78, 5) is 12.5. The zero-order chi connectivity index (χ0) is 16.6. The highest BCUT2D eigenvalue weighted by molar-refractivity contribution is 5.88. The maximum absolute atomic E-state index is 12.5. The molecule has 0 aliphatic rings. The summed E-state index contributed by atoms with van der Waals surface area (Å²) in [6.07, 6.45) is 0. The smallest absolute Gasteiger partial charge is 0.238 e. The summed E-state index contributed by atoms with van der Waals surface area (Å²) in [6, 6.07) is 10.5. The lowest BCUT2D eigenvalue weighted by Crippen LogP contribution is -2.05. The second-order valence-electron chi connectivity index (χ2n) is 5.18. The van der Waals surface area contributed by atoms with Crippen molar-refractivity contribution in [2.24, 2.45) is 0 Å². The largest absolute Gasteiger partial charge is 0.502 e. The highest BCUT2D eigenvalue weighted by Crippen LogP contribution is 2.35. The monoisotopic (exact) mass is 312 g/mol. The first-order chi connectivity index (χ1) is 11.0. The van der Waals surface area contributed by atoms with E-state index in [4.69, 9.17) is 13.9 Å². The van der Waals surface area contributed by atoms with Crippen molar-refractivity contribution in [1.29, 1.82) is 0 Å². The Morgan fingerprint density at radius 2 is 1.74 bits per heavy atom. The minimum atomic E-state index is -0.540. The normalized spacial score (nSPS) is 10.7. The van der Waals surface area contributed by atoms with Crippen LogP contribution in [0.4, 0.5) is 0 Å². The second kappa shape index (κ2) is 5.68. The molecule has 5 nitrogen and oxygen atoms in total. The van der Waals surface area contributed by atoms with Crippen LogP contribution >= 0.6 is 0 Å². The van der Waals surface area contributed by atoms with Gasteiger partial charge in [-0.25, -0.2) is 0 Å². The third-order valence-corrected chi connectivity index (χ3v) is 3.68. The van der Waals surface area contributed by atoms with Crippen molar-refractivity contribution in [2.45, 2.75) is 6.92 Å². The van der Waals surface area contributed by atoms with Crippen LogP contribution in [0.5, 0.6) is 17.2 Å². The third kappa shape index (κ3) is 2.50. The fourth-order valence-corrected chi connectivity index (χ4v) is 2.43. The molecule has 0 amide bonds. The predicted molar refractivity (Wildman–Crippen MR) is 87.4 cm³/mol. The van der Waals surface area contributed by atoms with Crippen LogP contribution in [0.3, 0.4) is 0 Å². The molecule has 1 heterocycles. The molecule has 0 saturated heterocycles. The Hall–Kier alpha value is -2.95. The Balaban J connectivity index is 2.35. The van der Waals surface area contributed by atoms with Crippen LogP contribution in [0.1, 0.15) is 5.56 Å². The first kappa shape index (κ1) is 15.0. The molecule has 3 aromatic rings. The van der Waals surface area contributed by atoms with Crippen molar-refractivity contribution < 1.29 is 19.0 Å². The van der Waals surface area contributed by atoms with E-state index in [0.29, 0.717) is 22.6 Å². The lowest BCUT2D eigenvalue weighted by Gasteiger charge is -2.10. The SMILES string of the molecule is COc1cc(OC)c2c(=O)c(O)c(-c3ccc(C)cc3)oc2c1. The van der Waals surface area contributed by atoms with E-state index in [0.717, 1.165) is 5.56 Å². The summed E-state index contributed by atoms with van der Waals surface area (Å²) in [7, 11) is 2.96. The number of methoxy groups -OCH3 is 2. The Bertz CT molecular complexity index is 923. The Labute approximate surface area is 132 Å². The molecule has 5 heteroatoms. The van der Waals surface area contributed by atoms with Crippen molar-refractivity contribution in [3.05, 3.63) is 52.2 Å². The van der Waals surface area contributed by atoms with Gasteiger partial charge in [-0.15, -0.1) is 0 Å².